The van der Waals surface area contributed by atoms with Crippen molar-refractivity contribution in [2.45, 2.75) is 355 Å². The van der Waals surface area contributed by atoms with E-state index in [1.165, 1.54) is 341 Å². The number of rotatable bonds is 64. The van der Waals surface area contributed by atoms with E-state index in [2.05, 4.69) is 59.1 Å². The third kappa shape index (κ3) is 52.3. The lowest BCUT2D eigenvalue weighted by molar-refractivity contribution is 0.0773. The maximum absolute atomic E-state index is 11.4. The number of aliphatic hydroxyl groups excluding tert-OH is 2. The summed E-state index contributed by atoms with van der Waals surface area (Å²) < 4.78 is 0. The molecule has 462 valence electrons. The zero-order chi connectivity index (χ0) is 55.6. The van der Waals surface area contributed by atoms with E-state index in [0.29, 0.717) is 0 Å². The predicted octanol–water partition coefficient (Wildman–Crippen LogP) is 19.1. The van der Waals surface area contributed by atoms with Crippen molar-refractivity contribution < 1.29 is 10.2 Å². The first-order valence-electron chi connectivity index (χ1n) is 35.9. The number of nitrogens with zero attached hydrogens (tertiary/aromatic N) is 5. The lowest BCUT2D eigenvalue weighted by Gasteiger charge is -2.37. The van der Waals surface area contributed by atoms with Gasteiger partial charge < -0.3 is 15.1 Å². The molecule has 1 aliphatic heterocycles. The van der Waals surface area contributed by atoms with Crippen molar-refractivity contribution in [2.75, 3.05) is 98.2 Å². The van der Waals surface area contributed by atoms with Gasteiger partial charge in [-0.1, -0.05) is 311 Å². The van der Waals surface area contributed by atoms with Gasteiger partial charge in [0.1, 0.15) is 0 Å². The van der Waals surface area contributed by atoms with Crippen molar-refractivity contribution in [3.8, 4) is 0 Å². The Hall–Kier alpha value is -0.280. The molecule has 0 aromatic carbocycles. The standard InChI is InChI=1S/C70H145N5O2/c1-6-11-16-21-26-31-34-39-44-49-54-71(63-65-74(55-50-45-40-35-32-27-22-17-12-7-2)67-69(76)52-47-42-37-29-24-19-14-9-4)57-58-72-59-61-73(62-60-72)64-66-75(56-51-46-41-36-33-28-23-18-13-8-3)68-70(77)53-48-43-38-30-25-20-15-10-5/h69-70,76-77H,6-68H2,1-5H3. The first-order chi connectivity index (χ1) is 37.9. The summed E-state index contributed by atoms with van der Waals surface area (Å²) in [6.07, 6.45) is 64.5. The van der Waals surface area contributed by atoms with E-state index in [-0.39, 0.29) is 12.2 Å². The molecule has 0 aliphatic carbocycles. The van der Waals surface area contributed by atoms with Gasteiger partial charge in [0, 0.05) is 78.5 Å². The van der Waals surface area contributed by atoms with Crippen LogP contribution in [0.25, 0.3) is 0 Å². The molecule has 0 bridgehead atoms. The SMILES string of the molecule is CCCCCCCCCCCCN(CCN1CCN(CCN(CCCCCCCCCCCC)CC(O)CCCCCCCCCC)CC1)CCN(CCCCCCCCCCCC)CC(O)CCCCCCCCCC. The van der Waals surface area contributed by atoms with Crippen LogP contribution >= 0.6 is 0 Å². The summed E-state index contributed by atoms with van der Waals surface area (Å²) in [6.45, 7) is 28.3. The Morgan fingerprint density at radius 2 is 0.455 bits per heavy atom. The average molecular weight is 1090 g/mol. The normalized spacial score (nSPS) is 14.6. The Bertz CT molecular complexity index is 1110. The van der Waals surface area contributed by atoms with Crippen LogP contribution in [0.15, 0.2) is 0 Å². The highest BCUT2D eigenvalue weighted by atomic mass is 16.3. The topological polar surface area (TPSA) is 56.7 Å². The van der Waals surface area contributed by atoms with Crippen molar-refractivity contribution in [3.05, 3.63) is 0 Å². The summed E-state index contributed by atoms with van der Waals surface area (Å²) in [5, 5.41) is 22.7. The maximum atomic E-state index is 11.4. The van der Waals surface area contributed by atoms with Gasteiger partial charge in [0.05, 0.1) is 12.2 Å². The first-order valence-corrected chi connectivity index (χ1v) is 35.9. The Morgan fingerprint density at radius 3 is 0.740 bits per heavy atom. The van der Waals surface area contributed by atoms with Crippen LogP contribution in [-0.2, 0) is 0 Å². The first kappa shape index (κ1) is 74.7. The highest BCUT2D eigenvalue weighted by Crippen LogP contribution is 2.18. The number of unbranched alkanes of at least 4 members (excludes halogenated alkanes) is 41. The number of hydrogen-bond acceptors (Lipinski definition) is 7. The quantitative estimate of drug-likeness (QED) is 0.0589. The zero-order valence-electron chi connectivity index (χ0n) is 53.8. The fourth-order valence-corrected chi connectivity index (χ4v) is 12.3. The average Bonchev–Trinajstić information content (AvgIpc) is 3.43. The third-order valence-corrected chi connectivity index (χ3v) is 17.9. The van der Waals surface area contributed by atoms with Crippen molar-refractivity contribution in [2.24, 2.45) is 0 Å². The molecule has 2 N–H and O–H groups in total. The van der Waals surface area contributed by atoms with Crippen LogP contribution < -0.4 is 0 Å². The fourth-order valence-electron chi connectivity index (χ4n) is 12.3. The second kappa shape index (κ2) is 60.3. The second-order valence-electron chi connectivity index (χ2n) is 25.5. The molecule has 7 nitrogen and oxygen atoms in total. The van der Waals surface area contributed by atoms with Gasteiger partial charge >= 0.3 is 0 Å². The van der Waals surface area contributed by atoms with Crippen LogP contribution in [0, 0.1) is 0 Å². The summed E-state index contributed by atoms with van der Waals surface area (Å²) in [6, 6.07) is 0. The Labute approximate surface area is 485 Å². The van der Waals surface area contributed by atoms with Gasteiger partial charge in [0.15, 0.2) is 0 Å². The summed E-state index contributed by atoms with van der Waals surface area (Å²) in [4.78, 5) is 13.7. The highest BCUT2D eigenvalue weighted by molar-refractivity contribution is 4.77. The molecule has 77 heavy (non-hydrogen) atoms. The molecular weight excluding hydrogens is 943 g/mol. The third-order valence-electron chi connectivity index (χ3n) is 17.9. The smallest absolute Gasteiger partial charge is 0.0667 e. The van der Waals surface area contributed by atoms with Crippen LogP contribution in [0.2, 0.25) is 0 Å². The van der Waals surface area contributed by atoms with Gasteiger partial charge in [-0.05, 0) is 51.7 Å². The molecule has 1 saturated heterocycles. The summed E-state index contributed by atoms with van der Waals surface area (Å²) in [5.41, 5.74) is 0. The van der Waals surface area contributed by atoms with Gasteiger partial charge in [-0.15, -0.1) is 0 Å². The Balaban J connectivity index is 2.80. The summed E-state index contributed by atoms with van der Waals surface area (Å²) in [7, 11) is 0. The molecule has 7 heteroatoms. The largest absolute Gasteiger partial charge is 0.392 e. The molecule has 1 fully saturated rings. The zero-order valence-corrected chi connectivity index (χ0v) is 53.8. The van der Waals surface area contributed by atoms with Crippen molar-refractivity contribution in [1.82, 2.24) is 24.5 Å². The van der Waals surface area contributed by atoms with Crippen LogP contribution in [0.1, 0.15) is 343 Å². The minimum Gasteiger partial charge on any atom is -0.392 e. The van der Waals surface area contributed by atoms with Crippen molar-refractivity contribution in [1.29, 1.82) is 0 Å². The van der Waals surface area contributed by atoms with Gasteiger partial charge in [-0.25, -0.2) is 0 Å². The van der Waals surface area contributed by atoms with Crippen molar-refractivity contribution in [3.63, 3.8) is 0 Å². The molecule has 0 aromatic rings. The van der Waals surface area contributed by atoms with E-state index in [0.717, 1.165) is 65.2 Å². The minimum atomic E-state index is -0.193. The summed E-state index contributed by atoms with van der Waals surface area (Å²) >= 11 is 0. The second-order valence-corrected chi connectivity index (χ2v) is 25.5. The molecule has 0 amide bonds. The Kier molecular flexibility index (Phi) is 58.5. The van der Waals surface area contributed by atoms with E-state index in [1.54, 1.807) is 0 Å². The molecule has 1 aliphatic rings. The molecular formula is C70H145N5O2. The molecule has 0 saturated carbocycles. The number of hydrogen-bond donors (Lipinski definition) is 2. The van der Waals surface area contributed by atoms with E-state index in [4.69, 9.17) is 0 Å². The monoisotopic (exact) mass is 1090 g/mol. The van der Waals surface area contributed by atoms with Crippen LogP contribution in [0.5, 0.6) is 0 Å². The molecule has 0 spiro atoms. The number of aliphatic hydroxyl groups is 2. The predicted molar refractivity (Wildman–Crippen MR) is 344 cm³/mol. The highest BCUT2D eigenvalue weighted by Gasteiger charge is 2.21. The van der Waals surface area contributed by atoms with Crippen LogP contribution in [-0.4, -0.2) is 145 Å². The van der Waals surface area contributed by atoms with Crippen LogP contribution in [0.4, 0.5) is 0 Å². The van der Waals surface area contributed by atoms with Gasteiger partial charge in [0.2, 0.25) is 0 Å². The van der Waals surface area contributed by atoms with Crippen molar-refractivity contribution >= 4 is 0 Å². The fraction of sp³-hybridized carbons (Fsp3) is 1.00. The van der Waals surface area contributed by atoms with E-state index in [9.17, 15) is 10.2 Å². The molecule has 2 unspecified atom stereocenters. The van der Waals surface area contributed by atoms with Crippen LogP contribution in [0.3, 0.4) is 0 Å². The molecule has 0 radical (unpaired) electrons. The maximum Gasteiger partial charge on any atom is 0.0667 e. The molecule has 1 heterocycles. The van der Waals surface area contributed by atoms with Gasteiger partial charge in [-0.3, -0.25) is 19.6 Å². The van der Waals surface area contributed by atoms with E-state index < -0.39 is 0 Å². The molecule has 1 rings (SSSR count). The van der Waals surface area contributed by atoms with Gasteiger partial charge in [-0.2, -0.15) is 0 Å². The molecule has 2 atom stereocenters. The summed E-state index contributed by atoms with van der Waals surface area (Å²) in [5.74, 6) is 0. The lowest BCUT2D eigenvalue weighted by Crippen LogP contribution is -2.50. The number of piperazine rings is 1. The Morgan fingerprint density at radius 1 is 0.247 bits per heavy atom. The van der Waals surface area contributed by atoms with E-state index >= 15 is 0 Å². The van der Waals surface area contributed by atoms with Gasteiger partial charge in [0.25, 0.3) is 0 Å². The minimum absolute atomic E-state index is 0.185. The lowest BCUT2D eigenvalue weighted by atomic mass is 10.0. The molecule has 0 aromatic heterocycles. The van der Waals surface area contributed by atoms with E-state index in [1.807, 2.05) is 0 Å².